The normalized spacial score (nSPS) is 23.1. The van der Waals surface area contributed by atoms with E-state index in [9.17, 15) is 14.9 Å². The van der Waals surface area contributed by atoms with E-state index in [0.29, 0.717) is 12.5 Å². The van der Waals surface area contributed by atoms with Crippen molar-refractivity contribution in [2.75, 3.05) is 24.5 Å². The third-order valence-electron chi connectivity index (χ3n) is 6.57. The number of hydrogen-bond donors (Lipinski definition) is 1. The first-order valence-electron chi connectivity index (χ1n) is 10.8. The number of carbonyl (C=O) groups is 1. The molecule has 0 aromatic heterocycles. The first-order valence-corrected chi connectivity index (χ1v) is 11.2. The molecule has 7 nitrogen and oxygen atoms in total. The van der Waals surface area contributed by atoms with Crippen molar-refractivity contribution in [1.82, 2.24) is 10.2 Å². The number of non-ortho nitro benzene ring substituents is 1. The SMILES string of the molecule is O=C(NC1CC1)[C@H]1Cc2cc([N+](=O)[O-])ccc2N2CCN(Cc3ccc(Cl)cc3)C[C@@H]12. The van der Waals surface area contributed by atoms with Crippen LogP contribution < -0.4 is 10.2 Å². The Bertz CT molecular complexity index is 1010. The fourth-order valence-corrected chi connectivity index (χ4v) is 4.94. The first-order chi connectivity index (χ1) is 15.0. The molecule has 8 heteroatoms. The number of piperazine rings is 1. The van der Waals surface area contributed by atoms with Gasteiger partial charge in [0.1, 0.15) is 0 Å². The monoisotopic (exact) mass is 440 g/mol. The topological polar surface area (TPSA) is 78.7 Å². The molecule has 162 valence electrons. The van der Waals surface area contributed by atoms with E-state index in [1.165, 1.54) is 5.56 Å². The highest BCUT2D eigenvalue weighted by molar-refractivity contribution is 6.30. The van der Waals surface area contributed by atoms with Gasteiger partial charge in [-0.1, -0.05) is 23.7 Å². The van der Waals surface area contributed by atoms with Gasteiger partial charge in [0.25, 0.3) is 5.69 Å². The lowest BCUT2D eigenvalue weighted by molar-refractivity contribution is -0.384. The summed E-state index contributed by atoms with van der Waals surface area (Å²) < 4.78 is 0. The Labute approximate surface area is 186 Å². The summed E-state index contributed by atoms with van der Waals surface area (Å²) in [6, 6.07) is 13.3. The first kappa shape index (κ1) is 20.3. The number of amides is 1. The van der Waals surface area contributed by atoms with Gasteiger partial charge in [-0.15, -0.1) is 0 Å². The van der Waals surface area contributed by atoms with Crippen LogP contribution in [0.1, 0.15) is 24.0 Å². The summed E-state index contributed by atoms with van der Waals surface area (Å²) in [5.41, 5.74) is 3.20. The van der Waals surface area contributed by atoms with Crippen molar-refractivity contribution in [2.24, 2.45) is 5.92 Å². The van der Waals surface area contributed by atoms with Crippen LogP contribution in [-0.4, -0.2) is 47.4 Å². The van der Waals surface area contributed by atoms with Crippen LogP contribution in [0.5, 0.6) is 0 Å². The highest BCUT2D eigenvalue weighted by Gasteiger charge is 2.43. The third kappa shape index (κ3) is 4.25. The van der Waals surface area contributed by atoms with E-state index in [-0.39, 0.29) is 28.5 Å². The summed E-state index contributed by atoms with van der Waals surface area (Å²) >= 11 is 6.02. The number of carbonyl (C=O) groups excluding carboxylic acids is 1. The van der Waals surface area contributed by atoms with E-state index >= 15 is 0 Å². The summed E-state index contributed by atoms with van der Waals surface area (Å²) in [7, 11) is 0. The van der Waals surface area contributed by atoms with Gasteiger partial charge in [-0.25, -0.2) is 0 Å². The molecule has 31 heavy (non-hydrogen) atoms. The molecule has 2 aromatic rings. The molecular formula is C23H25ClN4O3. The van der Waals surface area contributed by atoms with E-state index in [4.69, 9.17) is 11.6 Å². The van der Waals surface area contributed by atoms with E-state index in [1.807, 2.05) is 30.3 Å². The fraction of sp³-hybridized carbons (Fsp3) is 0.435. The summed E-state index contributed by atoms with van der Waals surface area (Å²) in [4.78, 5) is 28.7. The van der Waals surface area contributed by atoms with Gasteiger partial charge in [-0.2, -0.15) is 0 Å². The van der Waals surface area contributed by atoms with Crippen LogP contribution in [-0.2, 0) is 17.8 Å². The number of nitro benzene ring substituents is 1. The Balaban J connectivity index is 1.41. The highest BCUT2D eigenvalue weighted by atomic mass is 35.5. The largest absolute Gasteiger partial charge is 0.365 e. The number of nitro groups is 1. The van der Waals surface area contributed by atoms with Crippen molar-refractivity contribution >= 4 is 28.9 Å². The maximum atomic E-state index is 13.1. The summed E-state index contributed by atoms with van der Waals surface area (Å²) in [5, 5.41) is 15.2. The summed E-state index contributed by atoms with van der Waals surface area (Å²) in [6.45, 7) is 3.25. The molecule has 2 heterocycles. The second-order valence-corrected chi connectivity index (χ2v) is 9.22. The average molecular weight is 441 g/mol. The number of nitrogens with one attached hydrogen (secondary N) is 1. The molecule has 1 N–H and O–H groups in total. The second kappa shape index (κ2) is 8.13. The molecule has 2 aliphatic heterocycles. The van der Waals surface area contributed by atoms with E-state index in [1.54, 1.807) is 12.1 Å². The van der Waals surface area contributed by atoms with Crippen molar-refractivity contribution in [3.05, 3.63) is 68.7 Å². The van der Waals surface area contributed by atoms with Crippen molar-refractivity contribution in [2.45, 2.75) is 37.9 Å². The zero-order valence-corrected chi connectivity index (χ0v) is 17.9. The lowest BCUT2D eigenvalue weighted by Gasteiger charge is -2.49. The second-order valence-electron chi connectivity index (χ2n) is 8.79. The Kier molecular flexibility index (Phi) is 5.32. The number of nitrogens with zero attached hydrogens (tertiary/aromatic N) is 3. The number of anilines is 1. The zero-order chi connectivity index (χ0) is 21.5. The van der Waals surface area contributed by atoms with Crippen LogP contribution in [0.2, 0.25) is 5.02 Å². The van der Waals surface area contributed by atoms with Gasteiger partial charge in [0.2, 0.25) is 5.91 Å². The minimum atomic E-state index is -0.365. The highest BCUT2D eigenvalue weighted by Crippen LogP contribution is 2.38. The van der Waals surface area contributed by atoms with Gasteiger partial charge in [0.15, 0.2) is 0 Å². The molecule has 2 aromatic carbocycles. The Morgan fingerprint density at radius 2 is 1.94 bits per heavy atom. The van der Waals surface area contributed by atoms with Gasteiger partial charge in [0, 0.05) is 55.1 Å². The molecule has 0 bridgehead atoms. The van der Waals surface area contributed by atoms with Crippen LogP contribution in [0.4, 0.5) is 11.4 Å². The Hall–Kier alpha value is -2.64. The van der Waals surface area contributed by atoms with Crippen molar-refractivity contribution in [3.8, 4) is 0 Å². The summed E-state index contributed by atoms with van der Waals surface area (Å²) in [5.74, 6) is -0.147. The molecule has 0 unspecified atom stereocenters. The van der Waals surface area contributed by atoms with E-state index in [2.05, 4.69) is 15.1 Å². The smallest absolute Gasteiger partial charge is 0.269 e. The fourth-order valence-electron chi connectivity index (χ4n) is 4.81. The predicted molar refractivity (Wildman–Crippen MR) is 119 cm³/mol. The maximum absolute atomic E-state index is 13.1. The molecule has 1 aliphatic carbocycles. The van der Waals surface area contributed by atoms with E-state index < -0.39 is 0 Å². The molecular weight excluding hydrogens is 416 g/mol. The molecule has 1 saturated heterocycles. The van der Waals surface area contributed by atoms with Crippen LogP contribution in [0.3, 0.4) is 0 Å². The zero-order valence-electron chi connectivity index (χ0n) is 17.2. The molecule has 2 atom stereocenters. The standard InChI is InChI=1S/C23H25ClN4O3/c24-17-3-1-15(2-4-17)13-26-9-10-27-21-8-7-19(28(30)31)11-16(21)12-20(22(27)14-26)23(29)25-18-5-6-18/h1-4,7-8,11,18,20,22H,5-6,9-10,12-14H2,(H,25,29)/t20-,22-/m0/s1. The minimum Gasteiger partial charge on any atom is -0.365 e. The van der Waals surface area contributed by atoms with E-state index in [0.717, 1.165) is 55.3 Å². The van der Waals surface area contributed by atoms with Gasteiger partial charge in [0.05, 0.1) is 16.9 Å². The lowest BCUT2D eigenvalue weighted by atomic mass is 9.83. The lowest BCUT2D eigenvalue weighted by Crippen LogP contribution is -2.61. The quantitative estimate of drug-likeness (QED) is 0.569. The molecule has 5 rings (SSSR count). The van der Waals surface area contributed by atoms with Crippen molar-refractivity contribution in [3.63, 3.8) is 0 Å². The molecule has 1 saturated carbocycles. The molecule has 2 fully saturated rings. The molecule has 1 amide bonds. The summed E-state index contributed by atoms with van der Waals surface area (Å²) in [6.07, 6.45) is 2.61. The van der Waals surface area contributed by atoms with Gasteiger partial charge in [-0.3, -0.25) is 19.8 Å². The minimum absolute atomic E-state index is 0.0498. The Morgan fingerprint density at radius 1 is 1.16 bits per heavy atom. The molecule has 0 radical (unpaired) electrons. The van der Waals surface area contributed by atoms with Crippen LogP contribution in [0.25, 0.3) is 0 Å². The maximum Gasteiger partial charge on any atom is 0.269 e. The molecule has 0 spiro atoms. The predicted octanol–water partition coefficient (Wildman–Crippen LogP) is 3.39. The Morgan fingerprint density at radius 3 is 2.65 bits per heavy atom. The number of benzene rings is 2. The van der Waals surface area contributed by atoms with Gasteiger partial charge < -0.3 is 10.2 Å². The van der Waals surface area contributed by atoms with Gasteiger partial charge >= 0.3 is 0 Å². The number of fused-ring (bicyclic) bond motifs is 3. The third-order valence-corrected chi connectivity index (χ3v) is 6.82. The van der Waals surface area contributed by atoms with Crippen LogP contribution in [0.15, 0.2) is 42.5 Å². The number of hydrogen-bond acceptors (Lipinski definition) is 5. The van der Waals surface area contributed by atoms with Crippen molar-refractivity contribution < 1.29 is 9.72 Å². The van der Waals surface area contributed by atoms with Crippen LogP contribution >= 0.6 is 11.6 Å². The average Bonchev–Trinajstić information content (AvgIpc) is 3.58. The van der Waals surface area contributed by atoms with Crippen molar-refractivity contribution in [1.29, 1.82) is 0 Å². The number of rotatable bonds is 5. The number of halogens is 1. The molecule has 3 aliphatic rings. The van der Waals surface area contributed by atoms with Gasteiger partial charge in [-0.05, 0) is 48.6 Å². The van der Waals surface area contributed by atoms with Crippen LogP contribution in [0, 0.1) is 16.0 Å².